The molecule has 0 radical (unpaired) electrons. The van der Waals surface area contributed by atoms with Crippen LogP contribution in [-0.2, 0) is 28.6 Å². The van der Waals surface area contributed by atoms with Crippen LogP contribution in [0.4, 0.5) is 10.1 Å². The van der Waals surface area contributed by atoms with Gasteiger partial charge in [0.05, 0.1) is 37.2 Å². The smallest absolute Gasteiger partial charge is 0.264 e. The highest BCUT2D eigenvalue weighted by Gasteiger charge is 2.29. The quantitative estimate of drug-likeness (QED) is 0.397. The normalized spacial score (nSPS) is 21.3. The number of halogens is 1. The summed E-state index contributed by atoms with van der Waals surface area (Å²) in [5.74, 6) is -1.58. The highest BCUT2D eigenvalue weighted by molar-refractivity contribution is 7.85. The van der Waals surface area contributed by atoms with Crippen molar-refractivity contribution in [3.05, 3.63) is 29.6 Å². The number of benzene rings is 1. The van der Waals surface area contributed by atoms with E-state index in [-0.39, 0.29) is 37.6 Å². The fourth-order valence-electron chi connectivity index (χ4n) is 3.67. The van der Waals surface area contributed by atoms with Crippen molar-refractivity contribution < 1.29 is 31.3 Å². The maximum absolute atomic E-state index is 14.7. The second-order valence-electron chi connectivity index (χ2n) is 7.30. The largest absolute Gasteiger partial charge is 0.376 e. The lowest BCUT2D eigenvalue weighted by Crippen LogP contribution is -2.39. The monoisotopic (exact) mass is 428 g/mol. The second-order valence-corrected chi connectivity index (χ2v) is 8.94. The van der Waals surface area contributed by atoms with E-state index in [0.717, 1.165) is 6.26 Å². The van der Waals surface area contributed by atoms with Gasteiger partial charge >= 0.3 is 0 Å². The summed E-state index contributed by atoms with van der Waals surface area (Å²) in [4.78, 5) is 25.2. The predicted octanol–water partition coefficient (Wildman–Crippen LogP) is 1.31. The minimum absolute atomic E-state index is 0.0184. The molecule has 2 fully saturated rings. The third kappa shape index (κ3) is 5.97. The molecule has 0 spiro atoms. The average molecular weight is 428 g/mol. The van der Waals surface area contributed by atoms with Crippen LogP contribution >= 0.6 is 0 Å². The molecule has 1 atom stereocenters. The Kier molecular flexibility index (Phi) is 6.86. The van der Waals surface area contributed by atoms with Crippen molar-refractivity contribution in [3.63, 3.8) is 0 Å². The topological polar surface area (TPSA) is 102 Å². The van der Waals surface area contributed by atoms with Crippen LogP contribution in [0.2, 0.25) is 0 Å². The number of nitrogens with zero attached hydrogens (tertiary/aromatic N) is 1. The molecule has 10 heteroatoms. The molecule has 0 saturated carbocycles. The molecule has 160 valence electrons. The number of amides is 2. The molecule has 2 heterocycles. The number of hydrogen-bond donors (Lipinski definition) is 1. The Morgan fingerprint density at radius 1 is 1.17 bits per heavy atom. The third-order valence-electron chi connectivity index (χ3n) is 5.13. The molecule has 0 bridgehead atoms. The Hall–Kier alpha value is -2.04. The number of imide groups is 1. The number of piperidine rings is 2. The van der Waals surface area contributed by atoms with Gasteiger partial charge in [0.2, 0.25) is 11.8 Å². The molecule has 29 heavy (non-hydrogen) atoms. The number of nitrogens with one attached hydrogen (secondary N) is 1. The zero-order valence-corrected chi connectivity index (χ0v) is 17.0. The summed E-state index contributed by atoms with van der Waals surface area (Å²) in [6.45, 7) is 1.38. The minimum atomic E-state index is -3.47. The van der Waals surface area contributed by atoms with Crippen molar-refractivity contribution in [1.82, 2.24) is 5.32 Å². The predicted molar refractivity (Wildman–Crippen MR) is 104 cm³/mol. The number of carbonyl (C=O) groups excluding carboxylic acids is 2. The maximum atomic E-state index is 14.7. The summed E-state index contributed by atoms with van der Waals surface area (Å²) in [6, 6.07) is 4.79. The Bertz CT molecular complexity index is 867. The second kappa shape index (κ2) is 9.19. The summed E-state index contributed by atoms with van der Waals surface area (Å²) in [7, 11) is -3.47. The molecular formula is C19H25FN2O6S. The van der Waals surface area contributed by atoms with E-state index in [1.165, 1.54) is 6.07 Å². The van der Waals surface area contributed by atoms with Crippen LogP contribution in [0.25, 0.3) is 0 Å². The zero-order chi connectivity index (χ0) is 21.0. The number of ether oxygens (including phenoxy) is 1. The highest BCUT2D eigenvalue weighted by atomic mass is 32.2. The summed E-state index contributed by atoms with van der Waals surface area (Å²) in [5, 5.41) is 2.29. The molecule has 1 aromatic rings. The first kappa shape index (κ1) is 21.7. The molecule has 1 unspecified atom stereocenters. The first-order chi connectivity index (χ1) is 13.7. The van der Waals surface area contributed by atoms with E-state index in [0.29, 0.717) is 43.6 Å². The van der Waals surface area contributed by atoms with Gasteiger partial charge in [0.1, 0.15) is 5.82 Å². The van der Waals surface area contributed by atoms with E-state index in [9.17, 15) is 22.4 Å². The number of rotatable bonds is 7. The zero-order valence-electron chi connectivity index (χ0n) is 16.2. The summed E-state index contributed by atoms with van der Waals surface area (Å²) in [5.41, 5.74) is 1.04. The fraction of sp³-hybridized carbons (Fsp3) is 0.579. The van der Waals surface area contributed by atoms with Crippen molar-refractivity contribution >= 4 is 27.6 Å². The summed E-state index contributed by atoms with van der Waals surface area (Å²) < 4.78 is 46.8. The van der Waals surface area contributed by atoms with Crippen molar-refractivity contribution in [2.24, 2.45) is 0 Å². The maximum Gasteiger partial charge on any atom is 0.264 e. The Balaban J connectivity index is 1.52. The first-order valence-electron chi connectivity index (χ1n) is 9.57. The SMILES string of the molecule is CS(=O)(=O)OCCOC1CCN(c2ccc(C3CCC(=O)NC3=O)cc2F)CC1. The van der Waals surface area contributed by atoms with Gasteiger partial charge in [-0.15, -0.1) is 0 Å². The molecule has 0 aliphatic carbocycles. The van der Waals surface area contributed by atoms with E-state index in [1.54, 1.807) is 12.1 Å². The van der Waals surface area contributed by atoms with Gasteiger partial charge < -0.3 is 9.64 Å². The van der Waals surface area contributed by atoms with E-state index >= 15 is 0 Å². The van der Waals surface area contributed by atoms with Crippen LogP contribution < -0.4 is 10.2 Å². The van der Waals surface area contributed by atoms with Gasteiger partial charge in [0.15, 0.2) is 0 Å². The number of carbonyl (C=O) groups is 2. The van der Waals surface area contributed by atoms with Crippen LogP contribution in [0.1, 0.15) is 37.2 Å². The molecule has 0 aromatic heterocycles. The van der Waals surface area contributed by atoms with Gasteiger partial charge in [-0.25, -0.2) is 4.39 Å². The number of anilines is 1. The molecule has 2 amide bonds. The summed E-state index contributed by atoms with van der Waals surface area (Å²) in [6.07, 6.45) is 2.98. The van der Waals surface area contributed by atoms with Gasteiger partial charge in [0, 0.05) is 19.5 Å². The Morgan fingerprint density at radius 2 is 1.90 bits per heavy atom. The lowest BCUT2D eigenvalue weighted by Gasteiger charge is -2.34. The summed E-state index contributed by atoms with van der Waals surface area (Å²) >= 11 is 0. The molecule has 1 aromatic carbocycles. The fourth-order valence-corrected chi connectivity index (χ4v) is 4.04. The average Bonchev–Trinajstić information content (AvgIpc) is 2.65. The number of hydrogen-bond acceptors (Lipinski definition) is 7. The first-order valence-corrected chi connectivity index (χ1v) is 11.4. The van der Waals surface area contributed by atoms with E-state index in [4.69, 9.17) is 4.74 Å². The van der Waals surface area contributed by atoms with Crippen molar-refractivity contribution in [2.45, 2.75) is 37.7 Å². The van der Waals surface area contributed by atoms with Crippen molar-refractivity contribution in [2.75, 3.05) is 37.5 Å². The van der Waals surface area contributed by atoms with E-state index < -0.39 is 21.9 Å². The van der Waals surface area contributed by atoms with Crippen molar-refractivity contribution in [1.29, 1.82) is 0 Å². The van der Waals surface area contributed by atoms with Crippen LogP contribution in [0.15, 0.2) is 18.2 Å². The lowest BCUT2D eigenvalue weighted by atomic mass is 9.90. The van der Waals surface area contributed by atoms with Gasteiger partial charge in [-0.2, -0.15) is 8.42 Å². The molecule has 3 rings (SSSR count). The molecule has 8 nitrogen and oxygen atoms in total. The molecular weight excluding hydrogens is 403 g/mol. The standard InChI is InChI=1S/C19H25FN2O6S/c1-29(25,26)28-11-10-27-14-6-8-22(9-7-14)17-4-2-13(12-16(17)20)15-3-5-18(23)21-19(15)24/h2,4,12,14-15H,3,5-11H2,1H3,(H,21,23,24). The van der Waals surface area contributed by atoms with Gasteiger partial charge in [0.25, 0.3) is 10.1 Å². The van der Waals surface area contributed by atoms with Gasteiger partial charge in [-0.05, 0) is 37.0 Å². The van der Waals surface area contributed by atoms with Gasteiger partial charge in [-0.3, -0.25) is 19.1 Å². The van der Waals surface area contributed by atoms with Gasteiger partial charge in [-0.1, -0.05) is 6.07 Å². The lowest BCUT2D eigenvalue weighted by molar-refractivity contribution is -0.134. The molecule has 2 saturated heterocycles. The molecule has 2 aliphatic heterocycles. The highest BCUT2D eigenvalue weighted by Crippen LogP contribution is 2.30. The van der Waals surface area contributed by atoms with E-state index in [2.05, 4.69) is 9.50 Å². The van der Waals surface area contributed by atoms with Crippen LogP contribution in [0.5, 0.6) is 0 Å². The Labute approximate surface area is 169 Å². The minimum Gasteiger partial charge on any atom is -0.376 e. The van der Waals surface area contributed by atoms with Crippen LogP contribution in [0.3, 0.4) is 0 Å². The molecule has 2 aliphatic rings. The molecule has 1 N–H and O–H groups in total. The van der Waals surface area contributed by atoms with Crippen molar-refractivity contribution in [3.8, 4) is 0 Å². The van der Waals surface area contributed by atoms with Crippen LogP contribution in [0, 0.1) is 5.82 Å². The Morgan fingerprint density at radius 3 is 2.52 bits per heavy atom. The van der Waals surface area contributed by atoms with Crippen LogP contribution in [-0.4, -0.2) is 58.9 Å². The third-order valence-corrected chi connectivity index (χ3v) is 5.73. The van der Waals surface area contributed by atoms with E-state index in [1.807, 2.05) is 4.90 Å².